The molecule has 1 aliphatic heterocycles. The molecule has 3 rings (SSSR count). The van der Waals surface area contributed by atoms with Gasteiger partial charge in [0.25, 0.3) is 0 Å². The van der Waals surface area contributed by atoms with Gasteiger partial charge in [0.2, 0.25) is 0 Å². The van der Waals surface area contributed by atoms with Crippen molar-refractivity contribution >= 4 is 17.3 Å². The van der Waals surface area contributed by atoms with Crippen molar-refractivity contribution in [1.29, 1.82) is 0 Å². The Labute approximate surface area is 114 Å². The van der Waals surface area contributed by atoms with Gasteiger partial charge in [-0.3, -0.25) is 0 Å². The molecule has 4 nitrogen and oxygen atoms in total. The number of carboxylic acid groups (broad SMARTS) is 1. The average molecular weight is 275 g/mol. The summed E-state index contributed by atoms with van der Waals surface area (Å²) in [4.78, 5) is 15.9. The third-order valence-corrected chi connectivity index (χ3v) is 4.34. The number of hydrogen-bond donors (Lipinski definition) is 1. The molecule has 1 aromatic carbocycles. The van der Waals surface area contributed by atoms with E-state index in [1.807, 2.05) is 31.2 Å². The van der Waals surface area contributed by atoms with Crippen LogP contribution in [0.25, 0.3) is 0 Å². The van der Waals surface area contributed by atoms with Crippen LogP contribution in [-0.4, -0.2) is 16.1 Å². The Hall–Kier alpha value is -1.88. The van der Waals surface area contributed by atoms with Crippen LogP contribution in [0.2, 0.25) is 0 Å². The van der Waals surface area contributed by atoms with Gasteiger partial charge in [-0.1, -0.05) is 25.1 Å². The van der Waals surface area contributed by atoms with Crippen LogP contribution in [0.3, 0.4) is 0 Å². The minimum Gasteiger partial charge on any atom is -0.483 e. The van der Waals surface area contributed by atoms with E-state index in [2.05, 4.69) is 4.98 Å². The standard InChI is InChI=1S/C14H13NO3S/c1-2-9-12(14(16)17)19-13(15-9)11-7-8-5-3-4-6-10(8)18-11/h3-6,11H,2,7H2,1H3,(H,16,17). The molecule has 0 aliphatic carbocycles. The van der Waals surface area contributed by atoms with Crippen molar-refractivity contribution < 1.29 is 14.6 Å². The van der Waals surface area contributed by atoms with Crippen molar-refractivity contribution in [1.82, 2.24) is 4.98 Å². The molecule has 0 fully saturated rings. The molecule has 0 bridgehead atoms. The molecule has 2 heterocycles. The number of carboxylic acids is 1. The van der Waals surface area contributed by atoms with Gasteiger partial charge < -0.3 is 9.84 Å². The minimum atomic E-state index is -0.906. The van der Waals surface area contributed by atoms with Gasteiger partial charge in [-0.2, -0.15) is 0 Å². The molecule has 1 N–H and O–H groups in total. The fourth-order valence-electron chi connectivity index (χ4n) is 2.23. The Balaban J connectivity index is 1.91. The molecule has 1 unspecified atom stereocenters. The predicted octanol–water partition coefficient (Wildman–Crippen LogP) is 3.08. The van der Waals surface area contributed by atoms with Crippen molar-refractivity contribution in [2.24, 2.45) is 0 Å². The van der Waals surface area contributed by atoms with E-state index in [4.69, 9.17) is 9.84 Å². The Bertz CT molecular complexity index is 610. The number of nitrogens with zero attached hydrogens (tertiary/aromatic N) is 1. The smallest absolute Gasteiger partial charge is 0.347 e. The number of thiazole rings is 1. The Morgan fingerprint density at radius 3 is 2.95 bits per heavy atom. The van der Waals surface area contributed by atoms with Crippen molar-refractivity contribution in [2.45, 2.75) is 25.9 Å². The number of hydrogen-bond acceptors (Lipinski definition) is 4. The lowest BCUT2D eigenvalue weighted by Crippen LogP contribution is -2.02. The molecule has 1 aliphatic rings. The van der Waals surface area contributed by atoms with E-state index < -0.39 is 5.97 Å². The second kappa shape index (κ2) is 4.66. The number of aryl methyl sites for hydroxylation is 1. The van der Waals surface area contributed by atoms with Gasteiger partial charge >= 0.3 is 5.97 Å². The summed E-state index contributed by atoms with van der Waals surface area (Å²) in [5, 5.41) is 9.91. The summed E-state index contributed by atoms with van der Waals surface area (Å²) in [6, 6.07) is 7.87. The molecule has 19 heavy (non-hydrogen) atoms. The van der Waals surface area contributed by atoms with Gasteiger partial charge in [0.05, 0.1) is 5.69 Å². The maximum Gasteiger partial charge on any atom is 0.347 e. The SMILES string of the molecule is CCc1nc(C2Cc3ccccc3O2)sc1C(=O)O. The van der Waals surface area contributed by atoms with Gasteiger partial charge in [0.1, 0.15) is 15.6 Å². The van der Waals surface area contributed by atoms with Crippen LogP contribution in [0.5, 0.6) is 5.75 Å². The van der Waals surface area contributed by atoms with Crippen LogP contribution < -0.4 is 4.74 Å². The molecule has 0 saturated heterocycles. The number of para-hydroxylation sites is 1. The molecule has 1 aromatic heterocycles. The first-order valence-electron chi connectivity index (χ1n) is 6.16. The van der Waals surface area contributed by atoms with Crippen LogP contribution in [0.4, 0.5) is 0 Å². The summed E-state index contributed by atoms with van der Waals surface area (Å²) in [5.74, 6) is -0.0336. The first kappa shape index (κ1) is 12.2. The summed E-state index contributed by atoms with van der Waals surface area (Å²) < 4.78 is 5.84. The van der Waals surface area contributed by atoms with E-state index in [-0.39, 0.29) is 6.10 Å². The summed E-state index contributed by atoms with van der Waals surface area (Å²) in [6.45, 7) is 1.91. The Kier molecular flexibility index (Phi) is 2.98. The van der Waals surface area contributed by atoms with Crippen molar-refractivity contribution in [3.8, 4) is 5.75 Å². The molecule has 0 saturated carbocycles. The highest BCUT2D eigenvalue weighted by atomic mass is 32.1. The molecule has 1 atom stereocenters. The average Bonchev–Trinajstić information content (AvgIpc) is 3.02. The zero-order chi connectivity index (χ0) is 13.4. The van der Waals surface area contributed by atoms with Crippen LogP contribution in [0, 0.1) is 0 Å². The topological polar surface area (TPSA) is 59.4 Å². The minimum absolute atomic E-state index is 0.152. The van der Waals surface area contributed by atoms with Gasteiger partial charge in [-0.25, -0.2) is 9.78 Å². The van der Waals surface area contributed by atoms with Gasteiger partial charge in [0.15, 0.2) is 6.10 Å². The first-order chi connectivity index (χ1) is 9.19. The zero-order valence-electron chi connectivity index (χ0n) is 10.4. The lowest BCUT2D eigenvalue weighted by molar-refractivity contribution is 0.0701. The highest BCUT2D eigenvalue weighted by Gasteiger charge is 2.28. The van der Waals surface area contributed by atoms with Crippen molar-refractivity contribution in [3.05, 3.63) is 45.4 Å². The fraction of sp³-hybridized carbons (Fsp3) is 0.286. The molecular weight excluding hydrogens is 262 g/mol. The largest absolute Gasteiger partial charge is 0.483 e. The number of aromatic nitrogens is 1. The number of aromatic carboxylic acids is 1. The maximum absolute atomic E-state index is 11.2. The molecule has 98 valence electrons. The van der Waals surface area contributed by atoms with Crippen LogP contribution in [-0.2, 0) is 12.8 Å². The summed E-state index contributed by atoms with van der Waals surface area (Å²) in [6.07, 6.45) is 1.23. The predicted molar refractivity (Wildman–Crippen MR) is 72.0 cm³/mol. The summed E-state index contributed by atoms with van der Waals surface area (Å²) >= 11 is 1.22. The fourth-order valence-corrected chi connectivity index (χ4v) is 3.26. The second-order valence-electron chi connectivity index (χ2n) is 4.40. The highest BCUT2D eigenvalue weighted by molar-refractivity contribution is 7.13. The van der Waals surface area contributed by atoms with Gasteiger partial charge in [0, 0.05) is 6.42 Å². The number of fused-ring (bicyclic) bond motifs is 1. The number of benzene rings is 1. The lowest BCUT2D eigenvalue weighted by atomic mass is 10.1. The molecule has 0 amide bonds. The monoisotopic (exact) mass is 275 g/mol. The second-order valence-corrected chi connectivity index (χ2v) is 5.44. The molecule has 5 heteroatoms. The Morgan fingerprint density at radius 1 is 1.53 bits per heavy atom. The zero-order valence-corrected chi connectivity index (χ0v) is 11.2. The number of ether oxygens (including phenoxy) is 1. The summed E-state index contributed by atoms with van der Waals surface area (Å²) in [7, 11) is 0. The van der Waals surface area contributed by atoms with Crippen molar-refractivity contribution in [3.63, 3.8) is 0 Å². The van der Waals surface area contributed by atoms with E-state index in [0.29, 0.717) is 17.0 Å². The van der Waals surface area contributed by atoms with Crippen LogP contribution >= 0.6 is 11.3 Å². The number of rotatable bonds is 3. The summed E-state index contributed by atoms with van der Waals surface area (Å²) in [5.41, 5.74) is 1.80. The maximum atomic E-state index is 11.2. The van der Waals surface area contributed by atoms with E-state index in [0.717, 1.165) is 22.7 Å². The Morgan fingerprint density at radius 2 is 2.32 bits per heavy atom. The molecule has 0 spiro atoms. The number of carbonyl (C=O) groups is 1. The van der Waals surface area contributed by atoms with Crippen LogP contribution in [0.1, 0.15) is 39.0 Å². The molecular formula is C14H13NO3S. The molecule has 0 radical (unpaired) electrons. The first-order valence-corrected chi connectivity index (χ1v) is 6.98. The third-order valence-electron chi connectivity index (χ3n) is 3.17. The normalized spacial score (nSPS) is 17.0. The highest BCUT2D eigenvalue weighted by Crippen LogP contribution is 2.38. The van der Waals surface area contributed by atoms with Gasteiger partial charge in [-0.05, 0) is 18.1 Å². The van der Waals surface area contributed by atoms with E-state index in [1.165, 1.54) is 11.3 Å². The van der Waals surface area contributed by atoms with Crippen LogP contribution in [0.15, 0.2) is 24.3 Å². The van der Waals surface area contributed by atoms with Crippen molar-refractivity contribution in [2.75, 3.05) is 0 Å². The quantitative estimate of drug-likeness (QED) is 0.935. The van der Waals surface area contributed by atoms with E-state index in [1.54, 1.807) is 0 Å². The molecule has 2 aromatic rings. The van der Waals surface area contributed by atoms with E-state index >= 15 is 0 Å². The van der Waals surface area contributed by atoms with E-state index in [9.17, 15) is 4.79 Å². The lowest BCUT2D eigenvalue weighted by Gasteiger charge is -2.06. The van der Waals surface area contributed by atoms with Gasteiger partial charge in [-0.15, -0.1) is 11.3 Å². The third kappa shape index (κ3) is 2.10.